The van der Waals surface area contributed by atoms with Crippen LogP contribution in [0.5, 0.6) is 0 Å². The highest BCUT2D eigenvalue weighted by molar-refractivity contribution is 7.93. The second-order valence-electron chi connectivity index (χ2n) is 9.23. The molecule has 8 nitrogen and oxygen atoms in total. The fourth-order valence-corrected chi connectivity index (χ4v) is 6.64. The first-order valence-corrected chi connectivity index (χ1v) is 15.6. The van der Waals surface area contributed by atoms with E-state index in [4.69, 9.17) is 0 Å². The van der Waals surface area contributed by atoms with Gasteiger partial charge in [0.25, 0.3) is 20.0 Å². The van der Waals surface area contributed by atoms with E-state index in [0.717, 1.165) is 49.4 Å². The van der Waals surface area contributed by atoms with Crippen molar-refractivity contribution in [3.8, 4) is 11.1 Å². The molecule has 3 N–H and O–H groups in total. The van der Waals surface area contributed by atoms with Crippen molar-refractivity contribution in [2.75, 3.05) is 40.5 Å². The van der Waals surface area contributed by atoms with Crippen LogP contribution >= 0.6 is 12.4 Å². The summed E-state index contributed by atoms with van der Waals surface area (Å²) in [5.41, 5.74) is 2.96. The lowest BCUT2D eigenvalue weighted by molar-refractivity contribution is 0.599. The molecule has 1 fully saturated rings. The zero-order valence-corrected chi connectivity index (χ0v) is 24.1. The summed E-state index contributed by atoms with van der Waals surface area (Å²) in [6, 6.07) is 29.3. The van der Waals surface area contributed by atoms with Crippen molar-refractivity contribution in [2.24, 2.45) is 0 Å². The molecule has 0 atom stereocenters. The molecule has 40 heavy (non-hydrogen) atoms. The van der Waals surface area contributed by atoms with Gasteiger partial charge in [0.1, 0.15) is 0 Å². The second kappa shape index (κ2) is 12.7. The summed E-state index contributed by atoms with van der Waals surface area (Å²) in [5.74, 6) is 0. The highest BCUT2D eigenvalue weighted by atomic mass is 35.5. The Morgan fingerprint density at radius 1 is 0.600 bits per heavy atom. The quantitative estimate of drug-likeness (QED) is 0.258. The van der Waals surface area contributed by atoms with Crippen molar-refractivity contribution < 1.29 is 16.8 Å². The number of anilines is 3. The van der Waals surface area contributed by atoms with E-state index in [1.54, 1.807) is 42.5 Å². The number of hydrogen-bond acceptors (Lipinski definition) is 6. The maximum Gasteiger partial charge on any atom is 0.261 e. The van der Waals surface area contributed by atoms with Crippen LogP contribution in [0.15, 0.2) is 113 Å². The normalized spacial score (nSPS) is 14.1. The van der Waals surface area contributed by atoms with E-state index in [2.05, 4.69) is 19.7 Å². The Labute approximate surface area is 242 Å². The minimum atomic E-state index is -4.01. The lowest BCUT2D eigenvalue weighted by Gasteiger charge is -2.24. The van der Waals surface area contributed by atoms with Gasteiger partial charge >= 0.3 is 0 Å². The molecule has 0 unspecified atom stereocenters. The molecule has 0 spiro atoms. The van der Waals surface area contributed by atoms with Crippen LogP contribution in [0.2, 0.25) is 0 Å². The highest BCUT2D eigenvalue weighted by Gasteiger charge is 2.22. The fraction of sp³-hybridized carbons (Fsp3) is 0.172. The summed E-state index contributed by atoms with van der Waals surface area (Å²) in [7, 11) is -7.97. The largest absolute Gasteiger partial charge is 0.370 e. The SMILES string of the molecule is Cl.O=S(=O)(Nc1ccc(N2CCCNCC2)cc1NS(=O)(=O)c1ccccc1)c1ccc(-c2ccccc2)cc1. The van der Waals surface area contributed by atoms with E-state index < -0.39 is 20.0 Å². The van der Waals surface area contributed by atoms with Crippen molar-refractivity contribution >= 4 is 49.5 Å². The molecule has 0 aliphatic carbocycles. The van der Waals surface area contributed by atoms with Crippen LogP contribution in [0.4, 0.5) is 17.1 Å². The minimum Gasteiger partial charge on any atom is -0.370 e. The van der Waals surface area contributed by atoms with Gasteiger partial charge < -0.3 is 10.2 Å². The molecule has 4 aromatic rings. The van der Waals surface area contributed by atoms with Crippen LogP contribution in [-0.2, 0) is 20.0 Å². The van der Waals surface area contributed by atoms with Gasteiger partial charge in [-0.25, -0.2) is 16.8 Å². The Morgan fingerprint density at radius 3 is 1.85 bits per heavy atom. The molecule has 11 heteroatoms. The van der Waals surface area contributed by atoms with E-state index >= 15 is 0 Å². The summed E-state index contributed by atoms with van der Waals surface area (Å²) >= 11 is 0. The summed E-state index contributed by atoms with van der Waals surface area (Å²) in [5, 5.41) is 3.35. The van der Waals surface area contributed by atoms with Crippen molar-refractivity contribution in [2.45, 2.75) is 16.2 Å². The van der Waals surface area contributed by atoms with Gasteiger partial charge in [-0.15, -0.1) is 12.4 Å². The lowest BCUT2D eigenvalue weighted by atomic mass is 10.1. The van der Waals surface area contributed by atoms with Crippen molar-refractivity contribution in [1.82, 2.24) is 5.32 Å². The van der Waals surface area contributed by atoms with Gasteiger partial charge in [-0.05, 0) is 66.6 Å². The van der Waals surface area contributed by atoms with Gasteiger partial charge in [-0.2, -0.15) is 0 Å². The predicted molar refractivity (Wildman–Crippen MR) is 163 cm³/mol. The van der Waals surface area contributed by atoms with E-state index in [1.165, 1.54) is 24.3 Å². The maximum absolute atomic E-state index is 13.4. The van der Waals surface area contributed by atoms with Gasteiger partial charge in [0.05, 0.1) is 21.2 Å². The molecule has 1 aliphatic heterocycles. The first-order chi connectivity index (χ1) is 18.8. The Hall–Kier alpha value is -3.57. The zero-order valence-electron chi connectivity index (χ0n) is 21.7. The summed E-state index contributed by atoms with van der Waals surface area (Å²) in [6.45, 7) is 3.27. The summed E-state index contributed by atoms with van der Waals surface area (Å²) in [6.07, 6.45) is 0.943. The molecular weight excluding hydrogens is 568 g/mol. The van der Waals surface area contributed by atoms with E-state index in [9.17, 15) is 16.8 Å². The van der Waals surface area contributed by atoms with Crippen LogP contribution in [0.1, 0.15) is 6.42 Å². The first kappa shape index (κ1) is 29.4. The van der Waals surface area contributed by atoms with Crippen LogP contribution in [0.25, 0.3) is 11.1 Å². The molecule has 0 bridgehead atoms. The number of nitrogens with zero attached hydrogens (tertiary/aromatic N) is 1. The molecule has 0 amide bonds. The molecule has 1 aliphatic rings. The molecular formula is C29H31ClN4O4S2. The zero-order chi connectivity index (χ0) is 27.3. The standard InChI is InChI=1S/C29H30N4O4S2.ClH/c34-38(35,26-10-5-2-6-11-26)32-29-22-25(33-20-7-18-30-19-21-33)14-17-28(29)31-39(36,37)27-15-12-24(13-16-27)23-8-3-1-4-9-23;/h1-6,8-17,22,30-32H,7,18-21H2;1H. The fourth-order valence-electron chi connectivity index (χ4n) is 4.47. The number of benzene rings is 4. The van der Waals surface area contributed by atoms with E-state index in [1.807, 2.05) is 36.4 Å². The smallest absolute Gasteiger partial charge is 0.261 e. The third-order valence-electron chi connectivity index (χ3n) is 6.52. The average molecular weight is 599 g/mol. The Balaban J connectivity index is 0.00000370. The van der Waals surface area contributed by atoms with Crippen LogP contribution in [0, 0.1) is 0 Å². The molecule has 1 saturated heterocycles. The molecule has 0 aromatic heterocycles. The number of sulfonamides is 2. The molecule has 0 radical (unpaired) electrons. The third kappa shape index (κ3) is 6.95. The van der Waals surface area contributed by atoms with Crippen molar-refractivity contribution in [3.63, 3.8) is 0 Å². The number of rotatable bonds is 8. The van der Waals surface area contributed by atoms with Crippen LogP contribution < -0.4 is 19.7 Å². The molecule has 1 heterocycles. The Kier molecular flexibility index (Phi) is 9.36. The third-order valence-corrected chi connectivity index (χ3v) is 9.29. The second-order valence-corrected chi connectivity index (χ2v) is 12.6. The maximum atomic E-state index is 13.4. The van der Waals surface area contributed by atoms with Gasteiger partial charge in [0, 0.05) is 25.3 Å². The number of nitrogens with one attached hydrogen (secondary N) is 3. The van der Waals surface area contributed by atoms with Crippen LogP contribution in [-0.4, -0.2) is 43.0 Å². The molecule has 0 saturated carbocycles. The van der Waals surface area contributed by atoms with Gasteiger partial charge in [-0.3, -0.25) is 9.44 Å². The highest BCUT2D eigenvalue weighted by Crippen LogP contribution is 2.32. The first-order valence-electron chi connectivity index (χ1n) is 12.7. The van der Waals surface area contributed by atoms with Crippen molar-refractivity contribution in [1.29, 1.82) is 0 Å². The summed E-state index contributed by atoms with van der Waals surface area (Å²) in [4.78, 5) is 2.31. The minimum absolute atomic E-state index is 0. The monoisotopic (exact) mass is 598 g/mol. The average Bonchev–Trinajstić information content (AvgIpc) is 3.25. The number of hydrogen-bond donors (Lipinski definition) is 3. The molecule has 210 valence electrons. The topological polar surface area (TPSA) is 108 Å². The number of halogens is 1. The summed E-state index contributed by atoms with van der Waals surface area (Å²) < 4.78 is 58.3. The van der Waals surface area contributed by atoms with Gasteiger partial charge in [0.15, 0.2) is 0 Å². The predicted octanol–water partition coefficient (Wildman–Crippen LogP) is 5.18. The molecule has 5 rings (SSSR count). The van der Waals surface area contributed by atoms with Gasteiger partial charge in [-0.1, -0.05) is 60.7 Å². The van der Waals surface area contributed by atoms with E-state index in [0.29, 0.717) is 0 Å². The molecule has 4 aromatic carbocycles. The Bertz CT molecular complexity index is 1630. The lowest BCUT2D eigenvalue weighted by Crippen LogP contribution is -2.28. The van der Waals surface area contributed by atoms with Crippen LogP contribution in [0.3, 0.4) is 0 Å². The Morgan fingerprint density at radius 2 is 1.18 bits per heavy atom. The van der Waals surface area contributed by atoms with Gasteiger partial charge in [0.2, 0.25) is 0 Å². The van der Waals surface area contributed by atoms with E-state index in [-0.39, 0.29) is 33.6 Å². The van der Waals surface area contributed by atoms with Crippen molar-refractivity contribution in [3.05, 3.63) is 103 Å².